The lowest BCUT2D eigenvalue weighted by Gasteiger charge is -2.37. The van der Waals surface area contributed by atoms with Gasteiger partial charge in [-0.15, -0.1) is 0 Å². The molecule has 0 saturated carbocycles. The van der Waals surface area contributed by atoms with Crippen LogP contribution in [0.15, 0.2) is 0 Å². The summed E-state index contributed by atoms with van der Waals surface area (Å²) in [6, 6.07) is 0.0497. The van der Waals surface area contributed by atoms with Crippen LogP contribution < -0.4 is 0 Å². The van der Waals surface area contributed by atoms with E-state index in [1.54, 1.807) is 0 Å². The van der Waals surface area contributed by atoms with E-state index < -0.39 is 5.92 Å². The third kappa shape index (κ3) is 4.36. The Morgan fingerprint density at radius 3 is 2.36 bits per heavy atom. The van der Waals surface area contributed by atoms with Crippen LogP contribution >= 0.6 is 0 Å². The maximum Gasteiger partial charge on any atom is 0.250 e. The molecule has 0 aromatic heterocycles. The number of rotatable bonds is 2. The van der Waals surface area contributed by atoms with Gasteiger partial charge in [0.2, 0.25) is 0 Å². The normalized spacial score (nSPS) is 26.6. The molecule has 0 amide bonds. The summed E-state index contributed by atoms with van der Waals surface area (Å²) in [5, 5.41) is 0. The number of halogens is 2. The summed E-state index contributed by atoms with van der Waals surface area (Å²) in [6.07, 6.45) is 1.13. The van der Waals surface area contributed by atoms with Crippen molar-refractivity contribution in [2.45, 2.75) is 58.9 Å². The van der Waals surface area contributed by atoms with Crippen molar-refractivity contribution in [3.63, 3.8) is 0 Å². The Hall–Kier alpha value is -0.180. The van der Waals surface area contributed by atoms with Gasteiger partial charge < -0.3 is 4.90 Å². The number of hydrogen-bond donors (Lipinski definition) is 0. The van der Waals surface area contributed by atoms with Crippen LogP contribution in [0, 0.1) is 0 Å². The molecule has 0 aromatic carbocycles. The molecule has 0 spiro atoms. The van der Waals surface area contributed by atoms with Gasteiger partial charge in [0, 0.05) is 25.4 Å². The lowest BCUT2D eigenvalue weighted by atomic mass is 10.00. The number of alkyl halides is 2. The molecule has 1 aliphatic rings. The standard InChI is InChI=1S/C9H17F2N.C2H6/c1-3-5-12-6-4-9(10,11)7-8(12)2;1-2/h8H,3-7H2,1-2H3;1-2H3. The molecule has 1 aliphatic heterocycles. The topological polar surface area (TPSA) is 3.24 Å². The van der Waals surface area contributed by atoms with Gasteiger partial charge in [0.05, 0.1) is 0 Å². The summed E-state index contributed by atoms with van der Waals surface area (Å²) in [5.74, 6) is -2.41. The Balaban J connectivity index is 0.000000791. The highest BCUT2D eigenvalue weighted by Crippen LogP contribution is 2.31. The molecule has 0 radical (unpaired) electrons. The van der Waals surface area contributed by atoms with E-state index >= 15 is 0 Å². The number of piperidine rings is 1. The minimum Gasteiger partial charge on any atom is -0.300 e. The van der Waals surface area contributed by atoms with Crippen LogP contribution in [0.25, 0.3) is 0 Å². The highest BCUT2D eigenvalue weighted by atomic mass is 19.3. The number of hydrogen-bond acceptors (Lipinski definition) is 1. The second-order valence-electron chi connectivity index (χ2n) is 3.70. The Labute approximate surface area is 86.5 Å². The smallest absolute Gasteiger partial charge is 0.250 e. The first kappa shape index (κ1) is 13.8. The Morgan fingerprint density at radius 2 is 1.93 bits per heavy atom. The average Bonchev–Trinajstić information content (AvgIpc) is 2.13. The zero-order valence-corrected chi connectivity index (χ0v) is 9.82. The minimum absolute atomic E-state index is 0.0347. The molecule has 1 unspecified atom stereocenters. The average molecular weight is 207 g/mol. The molecule has 1 rings (SSSR count). The summed E-state index contributed by atoms with van der Waals surface area (Å²) < 4.78 is 25.7. The quantitative estimate of drug-likeness (QED) is 0.669. The van der Waals surface area contributed by atoms with Crippen LogP contribution in [0.5, 0.6) is 0 Å². The molecule has 3 heteroatoms. The van der Waals surface area contributed by atoms with Crippen molar-refractivity contribution >= 4 is 0 Å². The molecule has 0 N–H and O–H groups in total. The van der Waals surface area contributed by atoms with Gasteiger partial charge >= 0.3 is 0 Å². The Morgan fingerprint density at radius 1 is 1.36 bits per heavy atom. The van der Waals surface area contributed by atoms with Gasteiger partial charge in [-0.3, -0.25) is 0 Å². The zero-order valence-electron chi connectivity index (χ0n) is 9.82. The first-order valence-electron chi connectivity index (χ1n) is 5.67. The molecule has 1 fully saturated rings. The molecule has 1 saturated heterocycles. The highest BCUT2D eigenvalue weighted by molar-refractivity contribution is 4.83. The molecule has 0 aliphatic carbocycles. The van der Waals surface area contributed by atoms with E-state index in [-0.39, 0.29) is 18.9 Å². The highest BCUT2D eigenvalue weighted by Gasteiger charge is 2.37. The van der Waals surface area contributed by atoms with Gasteiger partial charge in [-0.25, -0.2) is 8.78 Å². The van der Waals surface area contributed by atoms with Crippen molar-refractivity contribution in [2.24, 2.45) is 0 Å². The van der Waals surface area contributed by atoms with Gasteiger partial charge in [-0.1, -0.05) is 20.8 Å². The number of likely N-dealkylation sites (tertiary alicyclic amines) is 1. The number of nitrogens with zero attached hydrogens (tertiary/aromatic N) is 1. The fourth-order valence-electron chi connectivity index (χ4n) is 1.81. The van der Waals surface area contributed by atoms with E-state index in [1.165, 1.54) is 0 Å². The van der Waals surface area contributed by atoms with Crippen molar-refractivity contribution < 1.29 is 8.78 Å². The van der Waals surface area contributed by atoms with Crippen LogP contribution in [0.4, 0.5) is 8.78 Å². The molecule has 0 bridgehead atoms. The van der Waals surface area contributed by atoms with Crippen molar-refractivity contribution in [3.8, 4) is 0 Å². The molecule has 1 heterocycles. The molecule has 0 aromatic rings. The van der Waals surface area contributed by atoms with E-state index in [2.05, 4.69) is 11.8 Å². The van der Waals surface area contributed by atoms with Crippen LogP contribution in [0.1, 0.15) is 47.0 Å². The van der Waals surface area contributed by atoms with Crippen LogP contribution in [-0.4, -0.2) is 30.0 Å². The van der Waals surface area contributed by atoms with Gasteiger partial charge in [0.1, 0.15) is 0 Å². The summed E-state index contributed by atoms with van der Waals surface area (Å²) in [6.45, 7) is 9.49. The molecule has 1 nitrogen and oxygen atoms in total. The van der Waals surface area contributed by atoms with E-state index in [4.69, 9.17) is 0 Å². The zero-order chi connectivity index (χ0) is 11.2. The van der Waals surface area contributed by atoms with E-state index in [9.17, 15) is 8.78 Å². The molecule has 86 valence electrons. The monoisotopic (exact) mass is 207 g/mol. The summed E-state index contributed by atoms with van der Waals surface area (Å²) in [5.41, 5.74) is 0. The SMILES string of the molecule is CC.CCCN1CCC(F)(F)CC1C. The second kappa shape index (κ2) is 6.33. The molecular formula is C11H23F2N. The van der Waals surface area contributed by atoms with Crippen LogP contribution in [-0.2, 0) is 0 Å². The first-order valence-corrected chi connectivity index (χ1v) is 5.67. The fourth-order valence-corrected chi connectivity index (χ4v) is 1.81. The van der Waals surface area contributed by atoms with E-state index in [0.29, 0.717) is 6.54 Å². The lowest BCUT2D eigenvalue weighted by molar-refractivity contribution is -0.0743. The van der Waals surface area contributed by atoms with Crippen molar-refractivity contribution in [1.82, 2.24) is 4.90 Å². The third-order valence-corrected chi connectivity index (χ3v) is 2.49. The second-order valence-corrected chi connectivity index (χ2v) is 3.70. The molecular weight excluding hydrogens is 184 g/mol. The maximum absolute atomic E-state index is 12.8. The van der Waals surface area contributed by atoms with Gasteiger partial charge in [0.25, 0.3) is 5.92 Å². The van der Waals surface area contributed by atoms with Gasteiger partial charge in [0.15, 0.2) is 0 Å². The van der Waals surface area contributed by atoms with E-state index in [0.717, 1.165) is 13.0 Å². The third-order valence-electron chi connectivity index (χ3n) is 2.49. The fraction of sp³-hybridized carbons (Fsp3) is 1.00. The molecule has 14 heavy (non-hydrogen) atoms. The molecule has 1 atom stereocenters. The van der Waals surface area contributed by atoms with Crippen LogP contribution in [0.2, 0.25) is 0 Å². The summed E-state index contributed by atoms with van der Waals surface area (Å²) >= 11 is 0. The van der Waals surface area contributed by atoms with Gasteiger partial charge in [-0.05, 0) is 19.9 Å². The predicted octanol–water partition coefficient (Wildman–Crippen LogP) is 3.54. The van der Waals surface area contributed by atoms with Crippen molar-refractivity contribution in [1.29, 1.82) is 0 Å². The van der Waals surface area contributed by atoms with Crippen molar-refractivity contribution in [2.75, 3.05) is 13.1 Å². The van der Waals surface area contributed by atoms with Crippen molar-refractivity contribution in [3.05, 3.63) is 0 Å². The Kier molecular flexibility index (Phi) is 6.25. The van der Waals surface area contributed by atoms with E-state index in [1.807, 2.05) is 20.8 Å². The largest absolute Gasteiger partial charge is 0.300 e. The predicted molar refractivity (Wildman–Crippen MR) is 56.9 cm³/mol. The lowest BCUT2D eigenvalue weighted by Crippen LogP contribution is -2.45. The first-order chi connectivity index (χ1) is 6.55. The minimum atomic E-state index is -2.41. The van der Waals surface area contributed by atoms with Crippen LogP contribution in [0.3, 0.4) is 0 Å². The maximum atomic E-state index is 12.8. The Bertz CT molecular complexity index is 148. The summed E-state index contributed by atoms with van der Waals surface area (Å²) in [4.78, 5) is 2.15. The van der Waals surface area contributed by atoms with Gasteiger partial charge in [-0.2, -0.15) is 0 Å². The summed E-state index contributed by atoms with van der Waals surface area (Å²) in [7, 11) is 0.